The van der Waals surface area contributed by atoms with E-state index in [1.807, 2.05) is 12.1 Å². The summed E-state index contributed by atoms with van der Waals surface area (Å²) in [4.78, 5) is 9.49. The van der Waals surface area contributed by atoms with Crippen molar-refractivity contribution >= 4 is 16.6 Å². The maximum absolute atomic E-state index is 5.58. The number of nitrogens with zero attached hydrogens (tertiary/aromatic N) is 2. The van der Waals surface area contributed by atoms with Gasteiger partial charge in [-0.25, -0.2) is 0 Å². The van der Waals surface area contributed by atoms with Gasteiger partial charge in [-0.2, -0.15) is 0 Å². The number of aromatic nitrogens is 1. The molecule has 3 nitrogen and oxygen atoms in total. The lowest BCUT2D eigenvalue weighted by Crippen LogP contribution is -2.29. The molecule has 24 heavy (non-hydrogen) atoms. The zero-order valence-corrected chi connectivity index (χ0v) is 14.2. The zero-order chi connectivity index (χ0) is 16.7. The highest BCUT2D eigenvalue weighted by molar-refractivity contribution is 6.16. The minimum Gasteiger partial charge on any atom is -0.494 e. The van der Waals surface area contributed by atoms with Gasteiger partial charge in [-0.15, -0.1) is 0 Å². The van der Waals surface area contributed by atoms with Crippen molar-refractivity contribution in [2.45, 2.75) is 25.8 Å². The van der Waals surface area contributed by atoms with Crippen LogP contribution in [0.5, 0.6) is 5.75 Å². The molecule has 0 saturated heterocycles. The number of aliphatic imine (C=N–C) groups is 1. The van der Waals surface area contributed by atoms with Crippen LogP contribution in [0.15, 0.2) is 59.7 Å². The van der Waals surface area contributed by atoms with Gasteiger partial charge in [-0.1, -0.05) is 30.3 Å². The van der Waals surface area contributed by atoms with Gasteiger partial charge in [-0.3, -0.25) is 9.98 Å². The Morgan fingerprint density at radius 2 is 1.88 bits per heavy atom. The number of benzene rings is 2. The highest BCUT2D eigenvalue weighted by Gasteiger charge is 2.27. The van der Waals surface area contributed by atoms with Crippen molar-refractivity contribution in [1.82, 2.24) is 4.98 Å². The molecule has 1 aliphatic heterocycles. The van der Waals surface area contributed by atoms with Crippen LogP contribution in [0.3, 0.4) is 0 Å². The fourth-order valence-electron chi connectivity index (χ4n) is 3.45. The van der Waals surface area contributed by atoms with Crippen molar-refractivity contribution in [3.05, 3.63) is 71.4 Å². The van der Waals surface area contributed by atoms with Crippen LogP contribution >= 0.6 is 0 Å². The quantitative estimate of drug-likeness (QED) is 0.701. The lowest BCUT2D eigenvalue weighted by Gasteiger charge is -2.29. The third kappa shape index (κ3) is 2.46. The molecule has 0 bridgehead atoms. The van der Waals surface area contributed by atoms with E-state index < -0.39 is 0 Å². The van der Waals surface area contributed by atoms with Crippen LogP contribution in [0.25, 0.3) is 10.9 Å². The molecule has 0 radical (unpaired) electrons. The summed E-state index contributed by atoms with van der Waals surface area (Å²) in [6, 6.07) is 16.7. The van der Waals surface area contributed by atoms with E-state index in [0.29, 0.717) is 0 Å². The van der Waals surface area contributed by atoms with Gasteiger partial charge in [0.25, 0.3) is 0 Å². The van der Waals surface area contributed by atoms with Crippen LogP contribution in [0.1, 0.15) is 30.5 Å². The molecule has 4 rings (SSSR count). The Labute approximate surface area is 142 Å². The first-order valence-corrected chi connectivity index (χ1v) is 8.19. The summed E-state index contributed by atoms with van der Waals surface area (Å²) in [5.74, 6) is 0.784. The van der Waals surface area contributed by atoms with Crippen molar-refractivity contribution in [3.8, 4) is 5.75 Å². The summed E-state index contributed by atoms with van der Waals surface area (Å²) in [6.07, 6.45) is 2.75. The molecule has 2 aromatic carbocycles. The molecule has 0 amide bonds. The number of hydrogen-bond acceptors (Lipinski definition) is 3. The maximum atomic E-state index is 5.58. The number of ether oxygens (including phenoxy) is 1. The molecule has 0 saturated carbocycles. The predicted molar refractivity (Wildman–Crippen MR) is 98.2 cm³/mol. The van der Waals surface area contributed by atoms with Gasteiger partial charge in [0.2, 0.25) is 0 Å². The van der Waals surface area contributed by atoms with Crippen LogP contribution in [-0.2, 0) is 6.42 Å². The molecule has 0 spiro atoms. The normalized spacial score (nSPS) is 15.7. The van der Waals surface area contributed by atoms with Gasteiger partial charge in [0.1, 0.15) is 11.3 Å². The second kappa shape index (κ2) is 5.45. The minimum atomic E-state index is -0.110. The number of pyridine rings is 1. The third-order valence-electron chi connectivity index (χ3n) is 4.47. The highest BCUT2D eigenvalue weighted by atomic mass is 16.5. The first-order valence-electron chi connectivity index (χ1n) is 8.19. The molecule has 1 aliphatic rings. The van der Waals surface area contributed by atoms with Crippen LogP contribution in [0, 0.1) is 0 Å². The number of hydrogen-bond donors (Lipinski definition) is 0. The molecule has 2 heterocycles. The standard InChI is InChI=1S/C21H20N2O/c1-21(2)13-15-7-4-5-9-17(15)19(23-21)16-11-14-8-6-10-22-20(14)18(12-16)24-3/h4-12H,13H2,1-3H3. The smallest absolute Gasteiger partial charge is 0.145 e. The Morgan fingerprint density at radius 1 is 1.04 bits per heavy atom. The monoisotopic (exact) mass is 316 g/mol. The zero-order valence-electron chi connectivity index (χ0n) is 14.2. The van der Waals surface area contributed by atoms with Gasteiger partial charge >= 0.3 is 0 Å². The highest BCUT2D eigenvalue weighted by Crippen LogP contribution is 2.32. The Kier molecular flexibility index (Phi) is 3.38. The second-order valence-electron chi connectivity index (χ2n) is 6.86. The van der Waals surface area contributed by atoms with E-state index in [4.69, 9.17) is 9.73 Å². The first kappa shape index (κ1) is 14.9. The van der Waals surface area contributed by atoms with E-state index in [2.05, 4.69) is 55.2 Å². The fraction of sp³-hybridized carbons (Fsp3) is 0.238. The summed E-state index contributed by atoms with van der Waals surface area (Å²) in [7, 11) is 1.69. The predicted octanol–water partition coefficient (Wildman–Crippen LogP) is 4.42. The van der Waals surface area contributed by atoms with E-state index in [1.165, 1.54) is 11.1 Å². The van der Waals surface area contributed by atoms with Crippen molar-refractivity contribution < 1.29 is 4.74 Å². The van der Waals surface area contributed by atoms with Gasteiger partial charge in [0, 0.05) is 22.7 Å². The SMILES string of the molecule is COc1cc(C2=NC(C)(C)Cc3ccccc32)cc2cccnc12. The molecule has 1 aromatic heterocycles. The Balaban J connectivity index is 1.98. The third-order valence-corrected chi connectivity index (χ3v) is 4.47. The Hall–Kier alpha value is -2.68. The lowest BCUT2D eigenvalue weighted by molar-refractivity contribution is 0.419. The molecule has 0 aliphatic carbocycles. The van der Waals surface area contributed by atoms with Crippen molar-refractivity contribution in [2.75, 3.05) is 7.11 Å². The minimum absolute atomic E-state index is 0.110. The molecule has 0 fully saturated rings. The van der Waals surface area contributed by atoms with E-state index >= 15 is 0 Å². The first-order chi connectivity index (χ1) is 11.6. The topological polar surface area (TPSA) is 34.5 Å². The molecular weight excluding hydrogens is 296 g/mol. The fourth-order valence-corrected chi connectivity index (χ4v) is 3.45. The van der Waals surface area contributed by atoms with Crippen LogP contribution in [0.4, 0.5) is 0 Å². The van der Waals surface area contributed by atoms with Gasteiger partial charge in [0.05, 0.1) is 18.4 Å². The summed E-state index contributed by atoms with van der Waals surface area (Å²) in [5.41, 5.74) is 5.44. The van der Waals surface area contributed by atoms with Crippen molar-refractivity contribution in [1.29, 1.82) is 0 Å². The molecule has 0 atom stereocenters. The van der Waals surface area contributed by atoms with Gasteiger partial charge < -0.3 is 4.74 Å². The molecule has 3 aromatic rings. The van der Waals surface area contributed by atoms with E-state index in [1.54, 1.807) is 13.3 Å². The summed E-state index contributed by atoms with van der Waals surface area (Å²) in [6.45, 7) is 4.37. The summed E-state index contributed by atoms with van der Waals surface area (Å²) < 4.78 is 5.58. The molecule has 0 unspecified atom stereocenters. The number of rotatable bonds is 2. The van der Waals surface area contributed by atoms with Crippen LogP contribution in [0.2, 0.25) is 0 Å². The van der Waals surface area contributed by atoms with E-state index in [-0.39, 0.29) is 5.54 Å². The van der Waals surface area contributed by atoms with Crippen molar-refractivity contribution in [2.24, 2.45) is 4.99 Å². The molecule has 120 valence electrons. The number of fused-ring (bicyclic) bond motifs is 2. The maximum Gasteiger partial charge on any atom is 0.145 e. The average molecular weight is 316 g/mol. The number of methoxy groups -OCH3 is 1. The lowest BCUT2D eigenvalue weighted by atomic mass is 9.85. The largest absolute Gasteiger partial charge is 0.494 e. The van der Waals surface area contributed by atoms with Crippen molar-refractivity contribution in [3.63, 3.8) is 0 Å². The van der Waals surface area contributed by atoms with Gasteiger partial charge in [-0.05, 0) is 44.0 Å². The van der Waals surface area contributed by atoms with E-state index in [9.17, 15) is 0 Å². The Bertz CT molecular complexity index is 957. The molecule has 0 N–H and O–H groups in total. The average Bonchev–Trinajstić information content (AvgIpc) is 2.59. The van der Waals surface area contributed by atoms with E-state index in [0.717, 1.165) is 34.3 Å². The van der Waals surface area contributed by atoms with Gasteiger partial charge in [0.15, 0.2) is 0 Å². The van der Waals surface area contributed by atoms with Crippen LogP contribution in [-0.4, -0.2) is 23.3 Å². The van der Waals surface area contributed by atoms with Crippen LogP contribution < -0.4 is 4.74 Å². The summed E-state index contributed by atoms with van der Waals surface area (Å²) >= 11 is 0. The molecule has 3 heteroatoms. The Morgan fingerprint density at radius 3 is 2.71 bits per heavy atom. The molecular formula is C21H20N2O. The summed E-state index contributed by atoms with van der Waals surface area (Å²) in [5, 5.41) is 1.07. The second-order valence-corrected chi connectivity index (χ2v) is 6.86.